The van der Waals surface area contributed by atoms with Crippen LogP contribution in [0.4, 0.5) is 0 Å². The fourth-order valence-corrected chi connectivity index (χ4v) is 1.71. The molecule has 0 aliphatic rings. The third kappa shape index (κ3) is 2.34. The summed E-state index contributed by atoms with van der Waals surface area (Å²) in [6, 6.07) is 0. The molecular formula is C7H12N2O2S. The average Bonchev–Trinajstić information content (AvgIpc) is 2.31. The van der Waals surface area contributed by atoms with E-state index in [4.69, 9.17) is 0 Å². The van der Waals surface area contributed by atoms with Crippen LogP contribution < -0.4 is 0 Å². The van der Waals surface area contributed by atoms with Gasteiger partial charge in [0.2, 0.25) is 0 Å². The first-order valence-corrected chi connectivity index (χ1v) is 5.76. The van der Waals surface area contributed by atoms with Gasteiger partial charge in [0.25, 0.3) is 0 Å². The van der Waals surface area contributed by atoms with E-state index in [0.717, 1.165) is 6.54 Å². The highest BCUT2D eigenvalue weighted by Gasteiger charge is 2.08. The van der Waals surface area contributed by atoms with Crippen molar-refractivity contribution in [3.05, 3.63) is 18.2 Å². The van der Waals surface area contributed by atoms with Crippen LogP contribution >= 0.6 is 0 Å². The predicted molar refractivity (Wildman–Crippen MR) is 46.4 cm³/mol. The summed E-state index contributed by atoms with van der Waals surface area (Å²) in [4.78, 5) is 3.96. The first-order valence-electron chi connectivity index (χ1n) is 3.70. The second-order valence-corrected chi connectivity index (χ2v) is 4.84. The molecule has 1 rings (SSSR count). The molecule has 1 heterocycles. The molecule has 1 aromatic heterocycles. The smallest absolute Gasteiger partial charge is 0.154 e. The molecule has 0 fully saturated rings. The highest BCUT2D eigenvalue weighted by molar-refractivity contribution is 7.89. The number of imidazole rings is 1. The number of aromatic nitrogens is 2. The maximum Gasteiger partial charge on any atom is 0.154 e. The van der Waals surface area contributed by atoms with E-state index in [1.54, 1.807) is 12.4 Å². The van der Waals surface area contributed by atoms with E-state index in [-0.39, 0.29) is 5.75 Å². The summed E-state index contributed by atoms with van der Waals surface area (Å²) in [7, 11) is -2.96. The Balaban J connectivity index is 2.89. The Kier molecular flexibility index (Phi) is 2.52. The summed E-state index contributed by atoms with van der Waals surface area (Å²) in [5, 5.41) is 0. The van der Waals surface area contributed by atoms with Crippen LogP contribution in [0.3, 0.4) is 0 Å². The van der Waals surface area contributed by atoms with E-state index in [2.05, 4.69) is 4.98 Å². The number of sulfone groups is 1. The average molecular weight is 188 g/mol. The minimum atomic E-state index is -2.96. The third-order valence-electron chi connectivity index (χ3n) is 1.53. The highest BCUT2D eigenvalue weighted by Crippen LogP contribution is 2.02. The Hall–Kier alpha value is -0.840. The molecule has 0 saturated carbocycles. The number of hydrogen-bond donors (Lipinski definition) is 0. The molecule has 68 valence electrons. The van der Waals surface area contributed by atoms with Gasteiger partial charge in [-0.05, 0) is 6.92 Å². The van der Waals surface area contributed by atoms with Crippen LogP contribution in [0.2, 0.25) is 0 Å². The van der Waals surface area contributed by atoms with Crippen LogP contribution in [-0.4, -0.2) is 24.2 Å². The molecule has 0 radical (unpaired) electrons. The van der Waals surface area contributed by atoms with Crippen LogP contribution in [0.25, 0.3) is 0 Å². The topological polar surface area (TPSA) is 52.0 Å². The molecule has 0 N–H and O–H groups in total. The lowest BCUT2D eigenvalue weighted by Gasteiger charge is -2.01. The van der Waals surface area contributed by atoms with Gasteiger partial charge in [-0.1, -0.05) is 0 Å². The molecule has 5 heteroatoms. The molecule has 0 bridgehead atoms. The maximum atomic E-state index is 10.9. The van der Waals surface area contributed by atoms with E-state index in [9.17, 15) is 8.42 Å². The minimum absolute atomic E-state index is 0.0217. The normalized spacial score (nSPS) is 11.8. The van der Waals surface area contributed by atoms with Crippen LogP contribution in [0.5, 0.6) is 0 Å². The molecule has 0 atom stereocenters. The van der Waals surface area contributed by atoms with Crippen molar-refractivity contribution in [1.82, 2.24) is 9.55 Å². The molecule has 0 aliphatic carbocycles. The Morgan fingerprint density at radius 3 is 2.75 bits per heavy atom. The van der Waals surface area contributed by atoms with Crippen molar-refractivity contribution < 1.29 is 8.42 Å². The molecule has 0 saturated heterocycles. The number of rotatable bonds is 3. The van der Waals surface area contributed by atoms with Gasteiger partial charge in [-0.2, -0.15) is 0 Å². The molecule has 0 spiro atoms. The van der Waals surface area contributed by atoms with Crippen molar-refractivity contribution in [2.75, 3.05) is 6.26 Å². The van der Waals surface area contributed by atoms with E-state index in [1.165, 1.54) is 6.26 Å². The van der Waals surface area contributed by atoms with E-state index in [1.807, 2.05) is 11.5 Å². The molecular weight excluding hydrogens is 176 g/mol. The van der Waals surface area contributed by atoms with E-state index < -0.39 is 9.84 Å². The minimum Gasteiger partial charge on any atom is -0.334 e. The lowest BCUT2D eigenvalue weighted by molar-refractivity contribution is 0.596. The van der Waals surface area contributed by atoms with Gasteiger partial charge in [-0.25, -0.2) is 13.4 Å². The molecule has 4 nitrogen and oxygen atoms in total. The van der Waals surface area contributed by atoms with Gasteiger partial charge in [0.15, 0.2) is 9.84 Å². The molecule has 0 amide bonds. The highest BCUT2D eigenvalue weighted by atomic mass is 32.2. The van der Waals surface area contributed by atoms with Crippen LogP contribution in [0.15, 0.2) is 12.4 Å². The number of aryl methyl sites for hydroxylation is 1. The largest absolute Gasteiger partial charge is 0.334 e. The summed E-state index contributed by atoms with van der Waals surface area (Å²) >= 11 is 0. The van der Waals surface area contributed by atoms with Crippen LogP contribution in [0, 0.1) is 0 Å². The van der Waals surface area contributed by atoms with Gasteiger partial charge in [0, 0.05) is 25.2 Å². The Bertz CT molecular complexity index is 353. The van der Waals surface area contributed by atoms with Gasteiger partial charge in [0.1, 0.15) is 11.6 Å². The van der Waals surface area contributed by atoms with E-state index in [0.29, 0.717) is 5.82 Å². The zero-order chi connectivity index (χ0) is 9.19. The predicted octanol–water partition coefficient (Wildman–Crippen LogP) is 0.448. The van der Waals surface area contributed by atoms with Crippen LogP contribution in [-0.2, 0) is 22.1 Å². The summed E-state index contributed by atoms with van der Waals surface area (Å²) in [6.07, 6.45) is 4.60. The monoisotopic (exact) mass is 188 g/mol. The second kappa shape index (κ2) is 3.26. The van der Waals surface area contributed by atoms with Crippen LogP contribution in [0.1, 0.15) is 12.7 Å². The molecule has 0 aromatic carbocycles. The number of hydrogen-bond acceptors (Lipinski definition) is 3. The zero-order valence-electron chi connectivity index (χ0n) is 7.19. The van der Waals surface area contributed by atoms with Gasteiger partial charge in [-0.15, -0.1) is 0 Å². The Labute approximate surface area is 72.2 Å². The fraction of sp³-hybridized carbons (Fsp3) is 0.571. The molecule has 1 aromatic rings. The SMILES string of the molecule is CCn1ccnc1CS(C)(=O)=O. The first-order chi connectivity index (χ1) is 5.53. The van der Waals surface area contributed by atoms with Gasteiger partial charge >= 0.3 is 0 Å². The Morgan fingerprint density at radius 1 is 1.58 bits per heavy atom. The zero-order valence-corrected chi connectivity index (χ0v) is 8.00. The lowest BCUT2D eigenvalue weighted by atomic mass is 10.6. The van der Waals surface area contributed by atoms with Crippen molar-refractivity contribution in [3.8, 4) is 0 Å². The van der Waals surface area contributed by atoms with Gasteiger partial charge in [0.05, 0.1) is 0 Å². The van der Waals surface area contributed by atoms with Crippen molar-refractivity contribution in [1.29, 1.82) is 0 Å². The third-order valence-corrected chi connectivity index (χ3v) is 2.32. The standard InChI is InChI=1S/C7H12N2O2S/c1-3-9-5-4-8-7(9)6-12(2,10)11/h4-5H,3,6H2,1-2H3. The summed E-state index contributed by atoms with van der Waals surface area (Å²) in [5.74, 6) is 0.633. The summed E-state index contributed by atoms with van der Waals surface area (Å²) in [6.45, 7) is 2.71. The van der Waals surface area contributed by atoms with Crippen molar-refractivity contribution in [2.24, 2.45) is 0 Å². The van der Waals surface area contributed by atoms with Crippen molar-refractivity contribution in [2.45, 2.75) is 19.2 Å². The summed E-state index contributed by atoms with van der Waals surface area (Å²) < 4.78 is 23.6. The fourth-order valence-electron chi connectivity index (χ4n) is 1.00. The van der Waals surface area contributed by atoms with E-state index >= 15 is 0 Å². The maximum absolute atomic E-state index is 10.9. The second-order valence-electron chi connectivity index (χ2n) is 2.70. The molecule has 0 aliphatic heterocycles. The summed E-state index contributed by atoms with van der Waals surface area (Å²) in [5.41, 5.74) is 0. The molecule has 12 heavy (non-hydrogen) atoms. The molecule has 0 unspecified atom stereocenters. The lowest BCUT2D eigenvalue weighted by Crippen LogP contribution is -2.07. The Morgan fingerprint density at radius 2 is 2.25 bits per heavy atom. The van der Waals surface area contributed by atoms with Crippen molar-refractivity contribution >= 4 is 9.84 Å². The number of nitrogens with zero attached hydrogens (tertiary/aromatic N) is 2. The quantitative estimate of drug-likeness (QED) is 0.692. The van der Waals surface area contributed by atoms with Gasteiger partial charge < -0.3 is 4.57 Å². The van der Waals surface area contributed by atoms with Gasteiger partial charge in [-0.3, -0.25) is 0 Å². The van der Waals surface area contributed by atoms with Crippen molar-refractivity contribution in [3.63, 3.8) is 0 Å². The first kappa shape index (κ1) is 9.25.